The predicted molar refractivity (Wildman–Crippen MR) is 76.9 cm³/mol. The topological polar surface area (TPSA) is 56.7 Å². The van der Waals surface area contributed by atoms with Crippen LogP contribution in [0, 0.1) is 10.8 Å². The molecule has 2 saturated heterocycles. The van der Waals surface area contributed by atoms with Crippen molar-refractivity contribution in [3.8, 4) is 0 Å². The molecule has 2 atom stereocenters. The predicted octanol–water partition coefficient (Wildman–Crippen LogP) is 2.30. The van der Waals surface area contributed by atoms with Crippen molar-refractivity contribution in [3.63, 3.8) is 0 Å². The van der Waals surface area contributed by atoms with E-state index in [-0.39, 0.29) is 16.9 Å². The summed E-state index contributed by atoms with van der Waals surface area (Å²) in [5, 5.41) is 9.31. The Kier molecular flexibility index (Phi) is 2.71. The van der Waals surface area contributed by atoms with Gasteiger partial charge in [-0.15, -0.1) is 0 Å². The molecule has 1 N–H and O–H groups in total. The van der Waals surface area contributed by atoms with Gasteiger partial charge >= 0.3 is 6.09 Å². The number of rotatable bonds is 1. The lowest BCUT2D eigenvalue weighted by atomic mass is 9.58. The Morgan fingerprint density at radius 1 is 1.45 bits per heavy atom. The number of aromatic nitrogens is 1. The summed E-state index contributed by atoms with van der Waals surface area (Å²) in [5.74, 6) is 0. The molecule has 1 aromatic heterocycles. The van der Waals surface area contributed by atoms with E-state index in [1.54, 1.807) is 11.1 Å². The van der Waals surface area contributed by atoms with Gasteiger partial charge in [0.2, 0.25) is 0 Å². The van der Waals surface area contributed by atoms with Gasteiger partial charge < -0.3 is 14.9 Å². The number of hydrogen-bond donors (Lipinski definition) is 1. The third kappa shape index (κ3) is 1.69. The van der Waals surface area contributed by atoms with Gasteiger partial charge in [0.25, 0.3) is 0 Å². The van der Waals surface area contributed by atoms with Crippen LogP contribution in [0.1, 0.15) is 20.8 Å². The van der Waals surface area contributed by atoms with Crippen molar-refractivity contribution in [3.05, 3.63) is 24.5 Å². The summed E-state index contributed by atoms with van der Waals surface area (Å²) in [6, 6.07) is 4.05. The van der Waals surface area contributed by atoms with E-state index in [1.807, 2.05) is 18.3 Å². The van der Waals surface area contributed by atoms with Gasteiger partial charge in [-0.1, -0.05) is 20.8 Å². The van der Waals surface area contributed by atoms with Gasteiger partial charge in [-0.2, -0.15) is 0 Å². The smallest absolute Gasteiger partial charge is 0.407 e. The Labute approximate surface area is 119 Å². The van der Waals surface area contributed by atoms with Gasteiger partial charge in [0, 0.05) is 31.2 Å². The summed E-state index contributed by atoms with van der Waals surface area (Å²) in [6.45, 7) is 8.93. The van der Waals surface area contributed by atoms with Gasteiger partial charge in [-0.25, -0.2) is 4.79 Å². The fourth-order valence-electron chi connectivity index (χ4n) is 3.66. The second-order valence-electron chi connectivity index (χ2n) is 6.92. The Morgan fingerprint density at radius 2 is 2.20 bits per heavy atom. The minimum Gasteiger partial charge on any atom is -0.465 e. The molecular formula is C15H21N3O2. The van der Waals surface area contributed by atoms with Crippen molar-refractivity contribution >= 4 is 11.8 Å². The molecule has 2 fully saturated rings. The lowest BCUT2D eigenvalue weighted by molar-refractivity contribution is -0.0901. The largest absolute Gasteiger partial charge is 0.465 e. The van der Waals surface area contributed by atoms with E-state index in [4.69, 9.17) is 0 Å². The maximum atomic E-state index is 11.3. The number of carboxylic acid groups (broad SMARTS) is 1. The molecule has 20 heavy (non-hydrogen) atoms. The number of anilines is 1. The van der Waals surface area contributed by atoms with E-state index in [0.29, 0.717) is 6.54 Å². The minimum absolute atomic E-state index is 0.0429. The summed E-state index contributed by atoms with van der Waals surface area (Å²) in [4.78, 5) is 19.4. The number of fused-ring (bicyclic) bond motifs is 1. The molecule has 108 valence electrons. The maximum absolute atomic E-state index is 11.3. The molecule has 0 aliphatic carbocycles. The maximum Gasteiger partial charge on any atom is 0.407 e. The molecule has 1 aromatic rings. The van der Waals surface area contributed by atoms with Crippen LogP contribution in [0.15, 0.2) is 24.5 Å². The number of carbonyl (C=O) groups is 1. The second kappa shape index (κ2) is 4.11. The molecule has 0 unspecified atom stereocenters. The fraction of sp³-hybridized carbons (Fsp3) is 0.600. The molecule has 0 saturated carbocycles. The molecule has 5 nitrogen and oxygen atoms in total. The number of amides is 1. The molecule has 5 heteroatoms. The van der Waals surface area contributed by atoms with Gasteiger partial charge in [0.1, 0.15) is 0 Å². The highest BCUT2D eigenvalue weighted by atomic mass is 16.4. The van der Waals surface area contributed by atoms with Crippen molar-refractivity contribution < 1.29 is 9.90 Å². The number of likely N-dealkylation sites (tertiary alicyclic amines) is 1. The molecule has 0 spiro atoms. The monoisotopic (exact) mass is 275 g/mol. The van der Waals surface area contributed by atoms with Crippen molar-refractivity contribution in [1.29, 1.82) is 0 Å². The quantitative estimate of drug-likeness (QED) is 0.854. The Morgan fingerprint density at radius 3 is 2.75 bits per heavy atom. The molecule has 3 rings (SSSR count). The number of pyridine rings is 1. The number of hydrogen-bond acceptors (Lipinski definition) is 3. The zero-order chi connectivity index (χ0) is 14.5. The highest BCUT2D eigenvalue weighted by Crippen LogP contribution is 2.55. The van der Waals surface area contributed by atoms with Crippen LogP contribution in [0.5, 0.6) is 0 Å². The zero-order valence-electron chi connectivity index (χ0n) is 12.2. The van der Waals surface area contributed by atoms with E-state index in [2.05, 4.69) is 30.7 Å². The third-order valence-corrected chi connectivity index (χ3v) is 5.08. The first-order valence-electron chi connectivity index (χ1n) is 7.00. The Hall–Kier alpha value is -1.78. The van der Waals surface area contributed by atoms with Crippen molar-refractivity contribution in [1.82, 2.24) is 9.88 Å². The average Bonchev–Trinajstić information content (AvgIpc) is 2.64. The fourth-order valence-corrected chi connectivity index (χ4v) is 3.66. The van der Waals surface area contributed by atoms with Crippen LogP contribution < -0.4 is 4.90 Å². The minimum atomic E-state index is -0.803. The van der Waals surface area contributed by atoms with Crippen LogP contribution in [0.4, 0.5) is 10.5 Å². The zero-order valence-corrected chi connectivity index (χ0v) is 12.2. The van der Waals surface area contributed by atoms with E-state index in [1.165, 1.54) is 0 Å². The van der Waals surface area contributed by atoms with Crippen molar-refractivity contribution in [2.45, 2.75) is 26.8 Å². The first-order valence-corrected chi connectivity index (χ1v) is 7.00. The first kappa shape index (κ1) is 13.2. The van der Waals surface area contributed by atoms with E-state index in [0.717, 1.165) is 18.8 Å². The summed E-state index contributed by atoms with van der Waals surface area (Å²) >= 11 is 0. The van der Waals surface area contributed by atoms with Gasteiger partial charge in [0.15, 0.2) is 0 Å². The van der Waals surface area contributed by atoms with Crippen molar-refractivity contribution in [2.24, 2.45) is 10.8 Å². The van der Waals surface area contributed by atoms with E-state index >= 15 is 0 Å². The van der Waals surface area contributed by atoms with Gasteiger partial charge in [-0.05, 0) is 17.5 Å². The summed E-state index contributed by atoms with van der Waals surface area (Å²) in [5.41, 5.74) is 1.21. The summed E-state index contributed by atoms with van der Waals surface area (Å²) in [6.07, 6.45) is 2.81. The highest BCUT2D eigenvalue weighted by molar-refractivity contribution is 5.68. The number of nitrogens with zero attached hydrogens (tertiary/aromatic N) is 3. The van der Waals surface area contributed by atoms with Crippen molar-refractivity contribution in [2.75, 3.05) is 24.5 Å². The van der Waals surface area contributed by atoms with Gasteiger partial charge in [-0.3, -0.25) is 4.98 Å². The van der Waals surface area contributed by atoms with Crippen LogP contribution >= 0.6 is 0 Å². The SMILES string of the molecule is CC(C)(C)[C@@]12CN(c3cccnc3)C[C@@H]1N(C(=O)O)C2. The second-order valence-corrected chi connectivity index (χ2v) is 6.92. The van der Waals surface area contributed by atoms with Crippen LogP contribution in [-0.4, -0.2) is 46.8 Å². The normalized spacial score (nSPS) is 29.1. The molecule has 2 aliphatic rings. The van der Waals surface area contributed by atoms with Crippen LogP contribution in [0.2, 0.25) is 0 Å². The average molecular weight is 275 g/mol. The highest BCUT2D eigenvalue weighted by Gasteiger charge is 2.64. The molecular weight excluding hydrogens is 254 g/mol. The molecule has 2 aliphatic heterocycles. The molecule has 1 amide bonds. The molecule has 3 heterocycles. The Balaban J connectivity index is 1.90. The summed E-state index contributed by atoms with van der Waals surface area (Å²) < 4.78 is 0. The lowest BCUT2D eigenvalue weighted by Crippen LogP contribution is -2.70. The first-order chi connectivity index (χ1) is 9.35. The molecule has 0 radical (unpaired) electrons. The molecule has 0 aromatic carbocycles. The third-order valence-electron chi connectivity index (χ3n) is 5.08. The van der Waals surface area contributed by atoms with E-state index < -0.39 is 6.09 Å². The van der Waals surface area contributed by atoms with E-state index in [9.17, 15) is 9.90 Å². The van der Waals surface area contributed by atoms with Crippen LogP contribution in [0.3, 0.4) is 0 Å². The Bertz CT molecular complexity index is 526. The van der Waals surface area contributed by atoms with Crippen LogP contribution in [0.25, 0.3) is 0 Å². The van der Waals surface area contributed by atoms with Gasteiger partial charge in [0.05, 0.1) is 17.9 Å². The van der Waals surface area contributed by atoms with Crippen LogP contribution in [-0.2, 0) is 0 Å². The standard InChI is InChI=1S/C15H21N3O2/c1-14(2,3)15-9-17(11-5-4-6-16-7-11)8-12(15)18(10-15)13(19)20/h4-7,12H,8-10H2,1-3H3,(H,19,20)/t12-,15+/m0/s1. The molecule has 0 bridgehead atoms. The lowest BCUT2D eigenvalue weighted by Gasteiger charge is -2.58. The summed E-state index contributed by atoms with van der Waals surface area (Å²) in [7, 11) is 0.